The molecule has 0 aliphatic carbocycles. The van der Waals surface area contributed by atoms with E-state index in [0.29, 0.717) is 0 Å². The predicted octanol–water partition coefficient (Wildman–Crippen LogP) is 19.6. The van der Waals surface area contributed by atoms with Gasteiger partial charge in [-0.15, -0.1) is 0 Å². The molecule has 0 bridgehead atoms. The first-order valence-corrected chi connectivity index (χ1v) is 24.8. The summed E-state index contributed by atoms with van der Waals surface area (Å²) in [5.41, 5.74) is 16.9. The standard InChI is InChI=1S/C68H50F2N2/c1-3-45-15-31-59(32-16-45)71(61-41-53(47-11-7-5-8-12-47)39-55(43-61)49-19-27-57(69)28-20-49)65-37-25-51-24-36-64-66(38-26-52-23-35-63(65)67(51)68(52)64)72(60-33-17-46(4-2)18-34-60)62-42-54(48-13-9-6-10-14-48)40-56(44-62)50-21-29-58(70)30-22-50/h5-44H,3-4H2,1-2H3. The molecule has 0 spiro atoms. The molecule has 0 saturated heterocycles. The number of benzene rings is 12. The molecule has 0 saturated carbocycles. The van der Waals surface area contributed by atoms with Gasteiger partial charge in [0.15, 0.2) is 0 Å². The van der Waals surface area contributed by atoms with Gasteiger partial charge in [-0.2, -0.15) is 0 Å². The van der Waals surface area contributed by atoms with Crippen molar-refractivity contribution in [2.75, 3.05) is 9.80 Å². The van der Waals surface area contributed by atoms with E-state index < -0.39 is 0 Å². The lowest BCUT2D eigenvalue weighted by Gasteiger charge is -2.30. The third-order valence-corrected chi connectivity index (χ3v) is 14.2. The Kier molecular flexibility index (Phi) is 11.6. The van der Waals surface area contributed by atoms with Gasteiger partial charge in [-0.05, 0) is 187 Å². The van der Waals surface area contributed by atoms with Crippen molar-refractivity contribution in [3.8, 4) is 44.5 Å². The second-order valence-electron chi connectivity index (χ2n) is 18.6. The third kappa shape index (κ3) is 8.31. The molecule has 0 unspecified atom stereocenters. The Balaban J connectivity index is 1.10. The molecular formula is C68H50F2N2. The lowest BCUT2D eigenvalue weighted by atomic mass is 9.91. The van der Waals surface area contributed by atoms with Gasteiger partial charge < -0.3 is 9.80 Å². The summed E-state index contributed by atoms with van der Waals surface area (Å²) in [5, 5.41) is 6.92. The molecule has 0 amide bonds. The van der Waals surface area contributed by atoms with Gasteiger partial charge in [0.25, 0.3) is 0 Å². The Labute approximate surface area is 419 Å². The average molecular weight is 933 g/mol. The highest BCUT2D eigenvalue weighted by Gasteiger charge is 2.24. The predicted molar refractivity (Wildman–Crippen MR) is 300 cm³/mol. The molecule has 2 nitrogen and oxygen atoms in total. The van der Waals surface area contributed by atoms with Gasteiger partial charge in [0.05, 0.1) is 11.4 Å². The minimum atomic E-state index is -0.263. The molecule has 0 heterocycles. The zero-order valence-electron chi connectivity index (χ0n) is 40.2. The molecule has 4 heteroatoms. The van der Waals surface area contributed by atoms with Crippen LogP contribution in [0.15, 0.2) is 243 Å². The summed E-state index contributed by atoms with van der Waals surface area (Å²) in [6.45, 7) is 4.37. The van der Waals surface area contributed by atoms with Crippen molar-refractivity contribution in [3.05, 3.63) is 265 Å². The second-order valence-corrected chi connectivity index (χ2v) is 18.6. The highest BCUT2D eigenvalue weighted by molar-refractivity contribution is 6.28. The lowest BCUT2D eigenvalue weighted by Crippen LogP contribution is -2.12. The first-order chi connectivity index (χ1) is 35.4. The normalized spacial score (nSPS) is 11.4. The summed E-state index contributed by atoms with van der Waals surface area (Å²) in [6, 6.07) is 83.9. The topological polar surface area (TPSA) is 6.48 Å². The fourth-order valence-corrected chi connectivity index (χ4v) is 10.5. The lowest BCUT2D eigenvalue weighted by molar-refractivity contribution is 0.627. The summed E-state index contributed by atoms with van der Waals surface area (Å²) in [6.07, 6.45) is 1.87. The van der Waals surface area contributed by atoms with Gasteiger partial charge in [0.2, 0.25) is 0 Å². The monoisotopic (exact) mass is 932 g/mol. The molecule has 12 aromatic rings. The highest BCUT2D eigenvalue weighted by Crippen LogP contribution is 2.49. The van der Waals surface area contributed by atoms with Crippen LogP contribution in [-0.4, -0.2) is 0 Å². The minimum absolute atomic E-state index is 0.263. The van der Waals surface area contributed by atoms with Gasteiger partial charge in [-0.25, -0.2) is 8.78 Å². The first kappa shape index (κ1) is 44.4. The zero-order chi connectivity index (χ0) is 48.7. The Hall–Kier alpha value is -8.86. The molecule has 0 fully saturated rings. The number of rotatable bonds is 12. The Morgan fingerprint density at radius 2 is 0.625 bits per heavy atom. The van der Waals surface area contributed by atoms with E-state index in [1.807, 2.05) is 36.4 Å². The highest BCUT2D eigenvalue weighted by atomic mass is 19.1. The van der Waals surface area contributed by atoms with Crippen molar-refractivity contribution in [2.24, 2.45) is 0 Å². The molecule has 0 aromatic heterocycles. The van der Waals surface area contributed by atoms with Crippen LogP contribution in [-0.2, 0) is 12.8 Å². The zero-order valence-corrected chi connectivity index (χ0v) is 40.2. The number of aryl methyl sites for hydroxylation is 2. The molecule has 0 aliphatic rings. The largest absolute Gasteiger partial charge is 0.310 e. The third-order valence-electron chi connectivity index (χ3n) is 14.2. The van der Waals surface area contributed by atoms with E-state index in [4.69, 9.17) is 0 Å². The molecule has 0 radical (unpaired) electrons. The Bertz CT molecular complexity index is 3610. The van der Waals surface area contributed by atoms with Gasteiger partial charge in [0, 0.05) is 33.5 Å². The van der Waals surface area contributed by atoms with Crippen LogP contribution in [0.5, 0.6) is 0 Å². The van der Waals surface area contributed by atoms with Crippen molar-refractivity contribution in [3.63, 3.8) is 0 Å². The van der Waals surface area contributed by atoms with Crippen LogP contribution in [0.4, 0.5) is 42.9 Å². The van der Waals surface area contributed by atoms with Crippen LogP contribution < -0.4 is 9.80 Å². The summed E-state index contributed by atoms with van der Waals surface area (Å²) in [4.78, 5) is 4.78. The maximum absolute atomic E-state index is 14.4. The van der Waals surface area contributed by atoms with Crippen LogP contribution in [0.25, 0.3) is 76.8 Å². The smallest absolute Gasteiger partial charge is 0.123 e. The second kappa shape index (κ2) is 18.8. The quantitative estimate of drug-likeness (QED) is 0.113. The number of hydrogen-bond donors (Lipinski definition) is 0. The van der Waals surface area contributed by atoms with Gasteiger partial charge in [-0.3, -0.25) is 0 Å². The molecule has 0 aliphatic heterocycles. The number of anilines is 6. The molecule has 12 rings (SSSR count). The number of halogens is 2. The van der Waals surface area contributed by atoms with E-state index in [2.05, 4.69) is 206 Å². The molecule has 0 atom stereocenters. The van der Waals surface area contributed by atoms with Crippen LogP contribution in [0, 0.1) is 11.6 Å². The SMILES string of the molecule is CCc1ccc(N(c2cc(-c3ccccc3)cc(-c3ccc(F)cc3)c2)c2ccc3ccc4c(N(c5ccc(CC)cc5)c5cc(-c6ccccc6)cc(-c6ccc(F)cc6)c5)ccc5ccc2c3c54)cc1. The summed E-state index contributed by atoms with van der Waals surface area (Å²) in [7, 11) is 0. The number of nitrogens with zero attached hydrogens (tertiary/aromatic N) is 2. The molecule has 0 N–H and O–H groups in total. The average Bonchev–Trinajstić information content (AvgIpc) is 3.44. The van der Waals surface area contributed by atoms with E-state index in [1.165, 1.54) is 46.2 Å². The van der Waals surface area contributed by atoms with E-state index in [1.54, 1.807) is 0 Å². The molecular weight excluding hydrogens is 883 g/mol. The Morgan fingerprint density at radius 3 is 0.972 bits per heavy atom. The fourth-order valence-electron chi connectivity index (χ4n) is 10.5. The van der Waals surface area contributed by atoms with Crippen molar-refractivity contribution in [1.29, 1.82) is 0 Å². The summed E-state index contributed by atoms with van der Waals surface area (Å²) in [5.74, 6) is -0.527. The number of hydrogen-bond acceptors (Lipinski definition) is 2. The minimum Gasteiger partial charge on any atom is -0.310 e. The van der Waals surface area contributed by atoms with Crippen LogP contribution in [0.2, 0.25) is 0 Å². The van der Waals surface area contributed by atoms with Crippen molar-refractivity contribution >= 4 is 66.4 Å². The van der Waals surface area contributed by atoms with Crippen LogP contribution in [0.3, 0.4) is 0 Å². The first-order valence-electron chi connectivity index (χ1n) is 24.8. The summed E-state index contributed by atoms with van der Waals surface area (Å²) >= 11 is 0. The van der Waals surface area contributed by atoms with Crippen molar-refractivity contribution < 1.29 is 8.78 Å². The van der Waals surface area contributed by atoms with Crippen LogP contribution in [0.1, 0.15) is 25.0 Å². The molecule has 72 heavy (non-hydrogen) atoms. The fraction of sp³-hybridized carbons (Fsp3) is 0.0588. The molecule has 12 aromatic carbocycles. The van der Waals surface area contributed by atoms with E-state index in [0.717, 1.165) is 113 Å². The van der Waals surface area contributed by atoms with E-state index >= 15 is 0 Å². The van der Waals surface area contributed by atoms with E-state index in [-0.39, 0.29) is 11.6 Å². The van der Waals surface area contributed by atoms with E-state index in [9.17, 15) is 8.78 Å². The van der Waals surface area contributed by atoms with Crippen LogP contribution >= 0.6 is 0 Å². The van der Waals surface area contributed by atoms with Gasteiger partial charge in [-0.1, -0.05) is 159 Å². The van der Waals surface area contributed by atoms with Crippen molar-refractivity contribution in [1.82, 2.24) is 0 Å². The maximum atomic E-state index is 14.4. The molecule has 346 valence electrons. The van der Waals surface area contributed by atoms with Gasteiger partial charge in [0.1, 0.15) is 11.6 Å². The Morgan fingerprint density at radius 1 is 0.292 bits per heavy atom. The van der Waals surface area contributed by atoms with Gasteiger partial charge >= 0.3 is 0 Å². The summed E-state index contributed by atoms with van der Waals surface area (Å²) < 4.78 is 28.8. The maximum Gasteiger partial charge on any atom is 0.123 e. The van der Waals surface area contributed by atoms with Crippen molar-refractivity contribution in [2.45, 2.75) is 26.7 Å².